The van der Waals surface area contributed by atoms with Crippen molar-refractivity contribution in [3.05, 3.63) is 0 Å². The van der Waals surface area contributed by atoms with E-state index >= 15 is 0 Å². The molecule has 0 aromatic carbocycles. The fraction of sp³-hybridized carbons (Fsp3) is 0.917. The van der Waals surface area contributed by atoms with E-state index in [2.05, 4.69) is 10.3 Å². The number of amidine groups is 1. The molecule has 0 atom stereocenters. The lowest BCUT2D eigenvalue weighted by Crippen LogP contribution is -2.45. The summed E-state index contributed by atoms with van der Waals surface area (Å²) < 4.78 is 5.02. The third-order valence-corrected chi connectivity index (χ3v) is 4.63. The highest BCUT2D eigenvalue weighted by molar-refractivity contribution is 8.14. The van der Waals surface area contributed by atoms with Gasteiger partial charge in [-0.2, -0.15) is 0 Å². The standard InChI is InChI=1S/C12H22N2OS/c1-15-9-5-8-13-11-14-12(10-16-11)6-3-2-4-7-12/h2-10H2,1H3,(H,13,14). The highest BCUT2D eigenvalue weighted by atomic mass is 32.2. The third kappa shape index (κ3) is 3.14. The number of aliphatic imine (C=N–C) groups is 1. The zero-order chi connectivity index (χ0) is 11.3. The lowest BCUT2D eigenvalue weighted by Gasteiger charge is -2.32. The molecule has 1 aliphatic carbocycles. The molecule has 1 N–H and O–H groups in total. The molecule has 0 bridgehead atoms. The summed E-state index contributed by atoms with van der Waals surface area (Å²) in [6.45, 7) is 1.70. The van der Waals surface area contributed by atoms with Crippen molar-refractivity contribution in [1.82, 2.24) is 5.32 Å². The maximum absolute atomic E-state index is 5.02. The fourth-order valence-corrected chi connectivity index (χ4v) is 3.72. The van der Waals surface area contributed by atoms with Gasteiger partial charge in [-0.3, -0.25) is 4.99 Å². The maximum Gasteiger partial charge on any atom is 0.157 e. The molecule has 1 spiro atoms. The van der Waals surface area contributed by atoms with E-state index in [1.807, 2.05) is 11.8 Å². The molecule has 0 unspecified atom stereocenters. The van der Waals surface area contributed by atoms with Crippen LogP contribution in [-0.2, 0) is 4.74 Å². The van der Waals surface area contributed by atoms with Crippen LogP contribution in [0.5, 0.6) is 0 Å². The Hall–Kier alpha value is -0.220. The van der Waals surface area contributed by atoms with Crippen LogP contribution >= 0.6 is 11.8 Å². The van der Waals surface area contributed by atoms with E-state index in [9.17, 15) is 0 Å². The fourth-order valence-electron chi connectivity index (χ4n) is 2.48. The van der Waals surface area contributed by atoms with Crippen LogP contribution in [0, 0.1) is 0 Å². The quantitative estimate of drug-likeness (QED) is 0.769. The Morgan fingerprint density at radius 3 is 2.94 bits per heavy atom. The normalized spacial score (nSPS) is 26.2. The van der Waals surface area contributed by atoms with Crippen molar-refractivity contribution in [3.63, 3.8) is 0 Å². The molecule has 1 aliphatic heterocycles. The van der Waals surface area contributed by atoms with E-state index in [4.69, 9.17) is 4.74 Å². The average Bonchev–Trinajstić information content (AvgIpc) is 2.69. The second-order valence-electron chi connectivity index (χ2n) is 4.79. The van der Waals surface area contributed by atoms with Crippen LogP contribution < -0.4 is 5.32 Å². The molecule has 1 heterocycles. The minimum atomic E-state index is 0.392. The number of rotatable bonds is 4. The number of methoxy groups -OCH3 is 1. The molecule has 16 heavy (non-hydrogen) atoms. The van der Waals surface area contributed by atoms with Crippen molar-refractivity contribution in [1.29, 1.82) is 0 Å². The minimum Gasteiger partial charge on any atom is -0.385 e. The van der Waals surface area contributed by atoms with E-state index in [1.165, 1.54) is 37.9 Å². The number of nitrogens with zero attached hydrogens (tertiary/aromatic N) is 1. The topological polar surface area (TPSA) is 33.6 Å². The molecule has 1 saturated carbocycles. The van der Waals surface area contributed by atoms with Gasteiger partial charge in [0.1, 0.15) is 0 Å². The van der Waals surface area contributed by atoms with E-state index in [0.717, 1.165) is 24.7 Å². The molecule has 0 aromatic rings. The van der Waals surface area contributed by atoms with Crippen molar-refractivity contribution in [2.24, 2.45) is 4.99 Å². The van der Waals surface area contributed by atoms with Crippen LogP contribution in [-0.4, -0.2) is 36.7 Å². The van der Waals surface area contributed by atoms with E-state index < -0.39 is 0 Å². The molecule has 4 heteroatoms. The van der Waals surface area contributed by atoms with Gasteiger partial charge in [0.05, 0.1) is 0 Å². The summed E-state index contributed by atoms with van der Waals surface area (Å²) in [5.41, 5.74) is 0.392. The number of nitrogens with one attached hydrogen (secondary N) is 1. The van der Waals surface area contributed by atoms with Crippen molar-refractivity contribution in [2.45, 2.75) is 44.1 Å². The molecule has 0 aromatic heterocycles. The van der Waals surface area contributed by atoms with E-state index in [-0.39, 0.29) is 0 Å². The Balaban J connectivity index is 1.77. The Bertz CT molecular complexity index is 249. The van der Waals surface area contributed by atoms with Gasteiger partial charge in [-0.25, -0.2) is 0 Å². The highest BCUT2D eigenvalue weighted by Crippen LogP contribution is 2.35. The molecular formula is C12H22N2OS. The molecule has 1 saturated heterocycles. The van der Waals surface area contributed by atoms with Crippen molar-refractivity contribution < 1.29 is 4.74 Å². The van der Waals surface area contributed by atoms with Crippen molar-refractivity contribution >= 4 is 16.9 Å². The molecule has 2 aliphatic rings. The molecule has 0 radical (unpaired) electrons. The van der Waals surface area contributed by atoms with Crippen LogP contribution in [0.2, 0.25) is 0 Å². The number of hydrogen-bond donors (Lipinski definition) is 1. The first-order chi connectivity index (χ1) is 7.85. The second-order valence-corrected chi connectivity index (χ2v) is 5.75. The summed E-state index contributed by atoms with van der Waals surface area (Å²) in [7, 11) is 1.74. The highest BCUT2D eigenvalue weighted by Gasteiger charge is 2.37. The SMILES string of the molecule is COCCCN=C1NC2(CCCCC2)CS1. The van der Waals surface area contributed by atoms with Crippen LogP contribution in [0.15, 0.2) is 4.99 Å². The Morgan fingerprint density at radius 2 is 2.19 bits per heavy atom. The van der Waals surface area contributed by atoms with Crippen LogP contribution in [0.4, 0.5) is 0 Å². The average molecular weight is 242 g/mol. The van der Waals surface area contributed by atoms with Gasteiger partial charge in [0.25, 0.3) is 0 Å². The summed E-state index contributed by atoms with van der Waals surface area (Å²) in [5, 5.41) is 4.82. The van der Waals surface area contributed by atoms with Gasteiger partial charge in [0, 0.05) is 31.6 Å². The van der Waals surface area contributed by atoms with Gasteiger partial charge in [0.15, 0.2) is 5.17 Å². The van der Waals surface area contributed by atoms with E-state index in [0.29, 0.717) is 5.54 Å². The summed E-state index contributed by atoms with van der Waals surface area (Å²) in [4.78, 5) is 4.60. The second kappa shape index (κ2) is 5.92. The van der Waals surface area contributed by atoms with Crippen molar-refractivity contribution in [2.75, 3.05) is 26.0 Å². The van der Waals surface area contributed by atoms with Gasteiger partial charge in [-0.15, -0.1) is 0 Å². The predicted molar refractivity (Wildman–Crippen MR) is 70.2 cm³/mol. The zero-order valence-corrected chi connectivity index (χ0v) is 10.9. The Labute approximate surface area is 102 Å². The summed E-state index contributed by atoms with van der Waals surface area (Å²) in [6, 6.07) is 0. The Kier molecular flexibility index (Phi) is 4.53. The van der Waals surface area contributed by atoms with Crippen molar-refractivity contribution in [3.8, 4) is 0 Å². The van der Waals surface area contributed by atoms with Crippen LogP contribution in [0.1, 0.15) is 38.5 Å². The Morgan fingerprint density at radius 1 is 1.38 bits per heavy atom. The lowest BCUT2D eigenvalue weighted by atomic mass is 9.83. The lowest BCUT2D eigenvalue weighted by molar-refractivity contribution is 0.197. The zero-order valence-electron chi connectivity index (χ0n) is 10.1. The third-order valence-electron chi connectivity index (χ3n) is 3.43. The maximum atomic E-state index is 5.02. The monoisotopic (exact) mass is 242 g/mol. The largest absolute Gasteiger partial charge is 0.385 e. The van der Waals surface area contributed by atoms with Gasteiger partial charge in [-0.05, 0) is 19.3 Å². The summed E-state index contributed by atoms with van der Waals surface area (Å²) in [5.74, 6) is 1.22. The minimum absolute atomic E-state index is 0.392. The number of hydrogen-bond acceptors (Lipinski definition) is 3. The molecular weight excluding hydrogens is 220 g/mol. The first-order valence-electron chi connectivity index (χ1n) is 6.29. The summed E-state index contributed by atoms with van der Waals surface area (Å²) in [6.07, 6.45) is 7.85. The summed E-state index contributed by atoms with van der Waals surface area (Å²) >= 11 is 1.90. The smallest absolute Gasteiger partial charge is 0.157 e. The van der Waals surface area contributed by atoms with Gasteiger partial charge >= 0.3 is 0 Å². The first-order valence-corrected chi connectivity index (χ1v) is 7.28. The number of thioether (sulfide) groups is 1. The molecule has 92 valence electrons. The van der Waals surface area contributed by atoms with E-state index in [1.54, 1.807) is 7.11 Å². The molecule has 0 amide bonds. The predicted octanol–water partition coefficient (Wildman–Crippen LogP) is 2.42. The molecule has 2 fully saturated rings. The molecule has 3 nitrogen and oxygen atoms in total. The van der Waals surface area contributed by atoms with Gasteiger partial charge in [0.2, 0.25) is 0 Å². The van der Waals surface area contributed by atoms with Gasteiger partial charge < -0.3 is 10.1 Å². The number of ether oxygens (including phenoxy) is 1. The van der Waals surface area contributed by atoms with Crippen LogP contribution in [0.3, 0.4) is 0 Å². The first kappa shape index (κ1) is 12.2. The van der Waals surface area contributed by atoms with Crippen LogP contribution in [0.25, 0.3) is 0 Å². The molecule has 2 rings (SSSR count). The van der Waals surface area contributed by atoms with Gasteiger partial charge in [-0.1, -0.05) is 31.0 Å².